The molecule has 0 N–H and O–H groups in total. The first-order chi connectivity index (χ1) is 31.7. The van der Waals surface area contributed by atoms with Crippen molar-refractivity contribution in [2.45, 2.75) is 0 Å². The summed E-state index contributed by atoms with van der Waals surface area (Å²) in [6, 6.07) is 70.6. The maximum absolute atomic E-state index is 6.72. The van der Waals surface area contributed by atoms with E-state index >= 15 is 0 Å². The molecular weight excluding hydrogens is 803 g/mol. The van der Waals surface area contributed by atoms with E-state index in [9.17, 15) is 0 Å². The van der Waals surface area contributed by atoms with Crippen LogP contribution in [0.1, 0.15) is 0 Å². The Morgan fingerprint density at radius 1 is 0.375 bits per heavy atom. The molecule has 298 valence electrons. The van der Waals surface area contributed by atoms with Crippen LogP contribution in [0.25, 0.3) is 131 Å². The molecule has 0 saturated heterocycles. The summed E-state index contributed by atoms with van der Waals surface area (Å²) in [6.07, 6.45) is 0. The van der Waals surface area contributed by atoms with Gasteiger partial charge in [0.1, 0.15) is 11.2 Å². The highest BCUT2D eigenvalue weighted by Crippen LogP contribution is 2.44. The Bertz CT molecular complexity index is 4200. The topological polar surface area (TPSA) is 61.7 Å². The maximum atomic E-state index is 6.72. The summed E-state index contributed by atoms with van der Waals surface area (Å²) >= 11 is 1.79. The number of hydrogen-bond acceptors (Lipinski definition) is 5. The molecule has 14 rings (SSSR count). The minimum absolute atomic E-state index is 0.553. The van der Waals surface area contributed by atoms with E-state index < -0.39 is 0 Å². The van der Waals surface area contributed by atoms with Crippen LogP contribution in [0.2, 0.25) is 0 Å². The van der Waals surface area contributed by atoms with Gasteiger partial charge in [-0.1, -0.05) is 152 Å². The van der Waals surface area contributed by atoms with E-state index in [2.05, 4.69) is 191 Å². The summed E-state index contributed by atoms with van der Waals surface area (Å²) in [4.78, 5) is 16.1. The van der Waals surface area contributed by atoms with E-state index in [-0.39, 0.29) is 0 Å². The average Bonchev–Trinajstić information content (AvgIpc) is 4.12. The first-order valence-corrected chi connectivity index (χ1v) is 22.3. The summed E-state index contributed by atoms with van der Waals surface area (Å²) in [5, 5.41) is 9.07. The fourth-order valence-corrected chi connectivity index (χ4v) is 11.2. The predicted octanol–water partition coefficient (Wildman–Crippen LogP) is 15.3. The van der Waals surface area contributed by atoms with E-state index in [1.54, 1.807) is 11.3 Å². The Labute approximate surface area is 369 Å². The monoisotopic (exact) mass is 835 g/mol. The SMILES string of the molecule is c1ccc(-c2nc(-c3cccc4sc5ccccc5c34)nc(-n3c4ccccc4c4ccc5c6ccccc6n(-c6ccc7c(c6)oc6cccc(-c8ccccc8)c67)c5c43)n2)cc1. The molecule has 0 aliphatic rings. The number of benzene rings is 9. The van der Waals surface area contributed by atoms with Gasteiger partial charge in [0.25, 0.3) is 0 Å². The smallest absolute Gasteiger partial charge is 0.238 e. The summed E-state index contributed by atoms with van der Waals surface area (Å²) < 4.78 is 13.8. The van der Waals surface area contributed by atoms with Crippen molar-refractivity contribution in [1.29, 1.82) is 0 Å². The minimum atomic E-state index is 0.553. The van der Waals surface area contributed by atoms with Crippen LogP contribution in [0, 0.1) is 0 Å². The zero-order valence-corrected chi connectivity index (χ0v) is 34.9. The Morgan fingerprint density at radius 2 is 0.969 bits per heavy atom. The van der Waals surface area contributed by atoms with Gasteiger partial charge in [-0.05, 0) is 53.6 Å². The maximum Gasteiger partial charge on any atom is 0.238 e. The van der Waals surface area contributed by atoms with E-state index in [0.717, 1.165) is 98.9 Å². The fourth-order valence-electron chi connectivity index (χ4n) is 10.1. The van der Waals surface area contributed by atoms with Gasteiger partial charge in [-0.15, -0.1) is 11.3 Å². The van der Waals surface area contributed by atoms with Crippen molar-refractivity contribution in [2.24, 2.45) is 0 Å². The van der Waals surface area contributed by atoms with Gasteiger partial charge < -0.3 is 8.98 Å². The molecule has 14 aromatic rings. The number of fused-ring (bicyclic) bond motifs is 13. The second kappa shape index (κ2) is 13.6. The van der Waals surface area contributed by atoms with Gasteiger partial charge in [-0.3, -0.25) is 4.57 Å². The van der Waals surface area contributed by atoms with E-state index in [1.807, 2.05) is 18.2 Å². The van der Waals surface area contributed by atoms with Crippen molar-refractivity contribution in [3.05, 3.63) is 200 Å². The Balaban J connectivity index is 1.09. The molecule has 0 aliphatic carbocycles. The summed E-state index contributed by atoms with van der Waals surface area (Å²) in [6.45, 7) is 0. The lowest BCUT2D eigenvalue weighted by atomic mass is 9.99. The third-order valence-electron chi connectivity index (χ3n) is 12.8. The third kappa shape index (κ3) is 5.10. The van der Waals surface area contributed by atoms with Crippen LogP contribution in [-0.4, -0.2) is 24.1 Å². The van der Waals surface area contributed by atoms with Crippen molar-refractivity contribution in [3.8, 4) is 45.5 Å². The van der Waals surface area contributed by atoms with Crippen LogP contribution < -0.4 is 0 Å². The van der Waals surface area contributed by atoms with Crippen LogP contribution in [0.15, 0.2) is 205 Å². The lowest BCUT2D eigenvalue weighted by Gasteiger charge is -2.13. The van der Waals surface area contributed by atoms with Gasteiger partial charge in [-0.25, -0.2) is 4.98 Å². The molecule has 64 heavy (non-hydrogen) atoms. The number of thiophene rings is 1. The predicted molar refractivity (Wildman–Crippen MR) is 265 cm³/mol. The van der Waals surface area contributed by atoms with Crippen molar-refractivity contribution in [3.63, 3.8) is 0 Å². The van der Waals surface area contributed by atoms with Crippen LogP contribution >= 0.6 is 11.3 Å². The lowest BCUT2D eigenvalue weighted by Crippen LogP contribution is -2.07. The number of nitrogens with zero attached hydrogens (tertiary/aromatic N) is 5. The molecule has 5 aromatic heterocycles. The quantitative estimate of drug-likeness (QED) is 0.173. The summed E-state index contributed by atoms with van der Waals surface area (Å²) in [5.74, 6) is 1.79. The molecule has 0 saturated carbocycles. The average molecular weight is 836 g/mol. The first-order valence-electron chi connectivity index (χ1n) is 21.4. The summed E-state index contributed by atoms with van der Waals surface area (Å²) in [7, 11) is 0. The van der Waals surface area contributed by atoms with E-state index in [4.69, 9.17) is 19.4 Å². The number of aromatic nitrogens is 5. The molecule has 6 nitrogen and oxygen atoms in total. The molecule has 0 atom stereocenters. The van der Waals surface area contributed by atoms with Crippen molar-refractivity contribution in [2.75, 3.05) is 0 Å². The summed E-state index contributed by atoms with van der Waals surface area (Å²) in [5.41, 5.74) is 11.1. The molecule has 0 radical (unpaired) electrons. The molecule has 5 heterocycles. The van der Waals surface area contributed by atoms with Gasteiger partial charge in [0, 0.05) is 69.7 Å². The number of rotatable bonds is 5. The highest BCUT2D eigenvalue weighted by Gasteiger charge is 2.25. The van der Waals surface area contributed by atoms with Crippen LogP contribution in [0.3, 0.4) is 0 Å². The Kier molecular flexibility index (Phi) is 7.46. The van der Waals surface area contributed by atoms with Gasteiger partial charge >= 0.3 is 0 Å². The standard InChI is InChI=1S/C57H33N5OS/c1-3-15-34(16-4-1)37-22-13-26-47-51(37)42-30-29-36(33-48(42)63-47)61-45-24-10-7-19-38(45)40-31-32-41-39-20-8-11-25-46(39)62(54(41)53(40)61)57-59-55(35-17-5-2-6-18-35)58-56(60-57)44-23-14-28-50-52(44)43-21-9-12-27-49(43)64-50/h1-33H. The second-order valence-corrected chi connectivity index (χ2v) is 17.4. The largest absolute Gasteiger partial charge is 0.456 e. The molecule has 0 amide bonds. The Hall–Kier alpha value is -8.39. The van der Waals surface area contributed by atoms with E-state index in [0.29, 0.717) is 17.6 Å². The van der Waals surface area contributed by atoms with Crippen LogP contribution in [0.5, 0.6) is 0 Å². The number of hydrogen-bond donors (Lipinski definition) is 0. The van der Waals surface area contributed by atoms with Gasteiger partial charge in [0.05, 0.1) is 27.8 Å². The zero-order chi connectivity index (χ0) is 41.9. The molecule has 0 aliphatic heterocycles. The molecule has 9 aromatic carbocycles. The van der Waals surface area contributed by atoms with Crippen LogP contribution in [0.4, 0.5) is 0 Å². The second-order valence-electron chi connectivity index (χ2n) is 16.3. The van der Waals surface area contributed by atoms with Crippen molar-refractivity contribution < 1.29 is 4.42 Å². The Morgan fingerprint density at radius 3 is 1.75 bits per heavy atom. The lowest BCUT2D eigenvalue weighted by molar-refractivity contribution is 0.668. The molecule has 0 fully saturated rings. The minimum Gasteiger partial charge on any atom is -0.456 e. The molecule has 7 heteroatoms. The highest BCUT2D eigenvalue weighted by atomic mass is 32.1. The van der Waals surface area contributed by atoms with Crippen molar-refractivity contribution in [1.82, 2.24) is 24.1 Å². The van der Waals surface area contributed by atoms with Crippen molar-refractivity contribution >= 4 is 97.1 Å². The van der Waals surface area contributed by atoms with Gasteiger partial charge in [0.2, 0.25) is 5.95 Å². The van der Waals surface area contributed by atoms with Gasteiger partial charge in [-0.2, -0.15) is 9.97 Å². The van der Waals surface area contributed by atoms with Crippen LogP contribution in [-0.2, 0) is 0 Å². The third-order valence-corrected chi connectivity index (χ3v) is 13.9. The first kappa shape index (κ1) is 35.2. The molecular formula is C57H33N5OS. The highest BCUT2D eigenvalue weighted by molar-refractivity contribution is 7.25. The van der Waals surface area contributed by atoms with E-state index in [1.165, 1.54) is 14.8 Å². The van der Waals surface area contributed by atoms with Gasteiger partial charge in [0.15, 0.2) is 11.6 Å². The zero-order valence-electron chi connectivity index (χ0n) is 34.1. The number of para-hydroxylation sites is 2. The fraction of sp³-hybridized carbons (Fsp3) is 0. The normalized spacial score (nSPS) is 12.1. The number of furan rings is 1. The molecule has 0 spiro atoms. The molecule has 0 unspecified atom stereocenters. The molecule has 0 bridgehead atoms.